The molecule has 1 aromatic carbocycles. The van der Waals surface area contributed by atoms with Crippen molar-refractivity contribution in [2.45, 2.75) is 78.1 Å². The summed E-state index contributed by atoms with van der Waals surface area (Å²) in [6, 6.07) is 1.84. The lowest BCUT2D eigenvalue weighted by molar-refractivity contribution is 0.0504. The van der Waals surface area contributed by atoms with Crippen molar-refractivity contribution in [1.82, 2.24) is 0 Å². The molecule has 2 aromatic rings. The highest BCUT2D eigenvalue weighted by molar-refractivity contribution is 6.00. The number of hydrogen-bond acceptors (Lipinski definition) is 3. The maximum absolute atomic E-state index is 11.8. The van der Waals surface area contributed by atoms with Crippen molar-refractivity contribution in [3.8, 4) is 5.75 Å². The fourth-order valence-electron chi connectivity index (χ4n) is 6.11. The van der Waals surface area contributed by atoms with Crippen LogP contribution in [0.5, 0.6) is 5.75 Å². The van der Waals surface area contributed by atoms with Gasteiger partial charge in [0.05, 0.1) is 5.56 Å². The Bertz CT molecular complexity index is 889. The van der Waals surface area contributed by atoms with Crippen molar-refractivity contribution in [2.24, 2.45) is 11.3 Å². The summed E-state index contributed by atoms with van der Waals surface area (Å²) in [4.78, 5) is 11.8. The second kappa shape index (κ2) is 5.61. The zero-order valence-electron chi connectivity index (χ0n) is 16.6. The molecule has 0 amide bonds. The smallest absolute Gasteiger partial charge is 0.154 e. The number of carbonyl (C=O) groups excluding carboxylic acids is 1. The topological polar surface area (TPSA) is 50.4 Å². The van der Waals surface area contributed by atoms with Crippen LogP contribution in [0.15, 0.2) is 10.5 Å². The van der Waals surface area contributed by atoms with Crippen molar-refractivity contribution in [3.05, 3.63) is 28.5 Å². The molecule has 1 N–H and O–H groups in total. The van der Waals surface area contributed by atoms with Crippen LogP contribution in [0, 0.1) is 18.3 Å². The first-order valence-corrected chi connectivity index (χ1v) is 9.95. The molecule has 1 fully saturated rings. The molecular weight excluding hydrogens is 324 g/mol. The molecule has 4 rings (SSSR count). The van der Waals surface area contributed by atoms with Crippen molar-refractivity contribution in [3.63, 3.8) is 0 Å². The highest BCUT2D eigenvalue weighted by Crippen LogP contribution is 2.59. The van der Waals surface area contributed by atoms with Gasteiger partial charge in [-0.25, -0.2) is 0 Å². The van der Waals surface area contributed by atoms with Crippen LogP contribution < -0.4 is 0 Å². The van der Waals surface area contributed by atoms with Gasteiger partial charge in [0.15, 0.2) is 6.29 Å². The van der Waals surface area contributed by atoms with Crippen molar-refractivity contribution >= 4 is 17.3 Å². The molecule has 3 heteroatoms. The maximum Gasteiger partial charge on any atom is 0.154 e. The van der Waals surface area contributed by atoms with E-state index in [0.29, 0.717) is 28.5 Å². The molecule has 2 aliphatic carbocycles. The Kier molecular flexibility index (Phi) is 3.81. The number of fused-ring (bicyclic) bond motifs is 5. The van der Waals surface area contributed by atoms with E-state index in [0.717, 1.165) is 30.3 Å². The van der Waals surface area contributed by atoms with Crippen molar-refractivity contribution < 1.29 is 14.3 Å². The van der Waals surface area contributed by atoms with Gasteiger partial charge in [0.1, 0.15) is 17.1 Å². The Balaban J connectivity index is 2.09. The number of benzene rings is 1. The van der Waals surface area contributed by atoms with Crippen LogP contribution in [0.4, 0.5) is 0 Å². The summed E-state index contributed by atoms with van der Waals surface area (Å²) in [6.07, 6.45) is 6.75. The van der Waals surface area contributed by atoms with Gasteiger partial charge in [0, 0.05) is 22.4 Å². The van der Waals surface area contributed by atoms with E-state index in [-0.39, 0.29) is 16.6 Å². The Morgan fingerprint density at radius 3 is 2.65 bits per heavy atom. The number of phenols is 1. The first-order valence-electron chi connectivity index (χ1n) is 9.95. The molecule has 1 aromatic heterocycles. The van der Waals surface area contributed by atoms with E-state index in [9.17, 15) is 9.90 Å². The van der Waals surface area contributed by atoms with Crippen LogP contribution in [0.1, 0.15) is 93.0 Å². The second-order valence-electron chi connectivity index (χ2n) is 9.56. The lowest BCUT2D eigenvalue weighted by atomic mass is 9.53. The minimum Gasteiger partial charge on any atom is -0.508 e. The average molecular weight is 354 g/mol. The van der Waals surface area contributed by atoms with Crippen LogP contribution in [-0.2, 0) is 5.41 Å². The quantitative estimate of drug-likeness (QED) is 0.617. The van der Waals surface area contributed by atoms with Gasteiger partial charge in [0.25, 0.3) is 0 Å². The van der Waals surface area contributed by atoms with Gasteiger partial charge in [-0.2, -0.15) is 0 Å². The van der Waals surface area contributed by atoms with Crippen LogP contribution in [-0.4, -0.2) is 11.4 Å². The minimum absolute atomic E-state index is 0.0228. The van der Waals surface area contributed by atoms with E-state index >= 15 is 0 Å². The average Bonchev–Trinajstić information content (AvgIpc) is 2.89. The third kappa shape index (κ3) is 2.22. The minimum atomic E-state index is 0.0228. The van der Waals surface area contributed by atoms with E-state index in [2.05, 4.69) is 27.7 Å². The monoisotopic (exact) mass is 354 g/mol. The largest absolute Gasteiger partial charge is 0.508 e. The van der Waals surface area contributed by atoms with Gasteiger partial charge in [-0.3, -0.25) is 4.79 Å². The summed E-state index contributed by atoms with van der Waals surface area (Å²) in [6.45, 7) is 11.2. The van der Waals surface area contributed by atoms with E-state index in [4.69, 9.17) is 4.42 Å². The molecule has 140 valence electrons. The Morgan fingerprint density at radius 1 is 1.23 bits per heavy atom. The van der Waals surface area contributed by atoms with E-state index < -0.39 is 0 Å². The first-order chi connectivity index (χ1) is 12.2. The van der Waals surface area contributed by atoms with Crippen molar-refractivity contribution in [2.75, 3.05) is 0 Å². The van der Waals surface area contributed by atoms with Gasteiger partial charge < -0.3 is 9.52 Å². The molecule has 1 saturated carbocycles. The zero-order chi connectivity index (χ0) is 18.9. The second-order valence-corrected chi connectivity index (χ2v) is 9.56. The number of rotatable bonds is 1. The lowest BCUT2D eigenvalue weighted by Gasteiger charge is -2.50. The van der Waals surface area contributed by atoms with Gasteiger partial charge in [-0.15, -0.1) is 0 Å². The first kappa shape index (κ1) is 17.6. The highest BCUT2D eigenvalue weighted by Gasteiger charge is 2.51. The highest BCUT2D eigenvalue weighted by atomic mass is 16.3. The number of hydrogen-bond donors (Lipinski definition) is 1. The molecule has 3 nitrogen and oxygen atoms in total. The summed E-state index contributed by atoms with van der Waals surface area (Å²) >= 11 is 0. The Labute approximate surface area is 155 Å². The zero-order valence-corrected chi connectivity index (χ0v) is 16.6. The molecule has 3 atom stereocenters. The van der Waals surface area contributed by atoms with Crippen molar-refractivity contribution in [1.29, 1.82) is 0 Å². The van der Waals surface area contributed by atoms with E-state index in [1.165, 1.54) is 24.8 Å². The number of phenolic OH excluding ortho intramolecular Hbond substituents is 1. The standard InChI is InChI=1S/C23H30O3/c1-13-7-8-18-22(3,4)9-6-10-23(18,5)19-15-11-17(25)14(2)16(12-24)21(15)26-20(13)19/h11-13,18,25H,6-10H2,1-5H3/t13-,18?,23+/m1/s1. The summed E-state index contributed by atoms with van der Waals surface area (Å²) in [7, 11) is 0. The van der Waals surface area contributed by atoms with Gasteiger partial charge in [-0.1, -0.05) is 34.1 Å². The Hall–Kier alpha value is -1.77. The summed E-state index contributed by atoms with van der Waals surface area (Å²) in [5.74, 6) is 2.14. The third-order valence-electron chi connectivity index (χ3n) is 7.54. The fourth-order valence-corrected chi connectivity index (χ4v) is 6.11. The van der Waals surface area contributed by atoms with Gasteiger partial charge in [0.2, 0.25) is 0 Å². The predicted molar refractivity (Wildman–Crippen MR) is 104 cm³/mol. The molecule has 2 aliphatic rings. The molecule has 26 heavy (non-hydrogen) atoms. The molecular formula is C23H30O3. The molecule has 0 saturated heterocycles. The molecule has 1 heterocycles. The van der Waals surface area contributed by atoms with Crippen LogP contribution in [0.3, 0.4) is 0 Å². The molecule has 0 radical (unpaired) electrons. The number of carbonyl (C=O) groups is 1. The normalized spacial score (nSPS) is 30.5. The summed E-state index contributed by atoms with van der Waals surface area (Å²) in [5.41, 5.74) is 3.34. The van der Waals surface area contributed by atoms with Crippen LogP contribution >= 0.6 is 0 Å². The van der Waals surface area contributed by atoms with E-state index in [1.54, 1.807) is 6.92 Å². The third-order valence-corrected chi connectivity index (χ3v) is 7.54. The Morgan fingerprint density at radius 2 is 1.96 bits per heavy atom. The number of furan rings is 1. The maximum atomic E-state index is 11.8. The van der Waals surface area contributed by atoms with Crippen LogP contribution in [0.25, 0.3) is 11.0 Å². The van der Waals surface area contributed by atoms with Gasteiger partial charge in [-0.05, 0) is 55.4 Å². The molecule has 0 spiro atoms. The SMILES string of the molecule is Cc1c(O)cc2c3c(oc2c1C=O)[C@H](C)CCC1C(C)(C)CCC[C@]31C. The summed E-state index contributed by atoms with van der Waals surface area (Å²) in [5, 5.41) is 11.4. The van der Waals surface area contributed by atoms with E-state index in [1.807, 2.05) is 6.07 Å². The molecule has 0 bridgehead atoms. The fraction of sp³-hybridized carbons (Fsp3) is 0.609. The van der Waals surface area contributed by atoms with Gasteiger partial charge >= 0.3 is 0 Å². The molecule has 1 unspecified atom stereocenters. The number of aldehydes is 1. The van der Waals surface area contributed by atoms with Crippen LogP contribution in [0.2, 0.25) is 0 Å². The summed E-state index contributed by atoms with van der Waals surface area (Å²) < 4.78 is 6.38. The number of aromatic hydroxyl groups is 1. The lowest BCUT2D eigenvalue weighted by Crippen LogP contribution is -2.44. The predicted octanol–water partition coefficient (Wildman–Crippen LogP) is 6.24. The molecule has 0 aliphatic heterocycles.